The van der Waals surface area contributed by atoms with Crippen molar-refractivity contribution in [1.29, 1.82) is 5.41 Å². The summed E-state index contributed by atoms with van der Waals surface area (Å²) in [6.07, 6.45) is -1.57. The van der Waals surface area contributed by atoms with Crippen LogP contribution < -0.4 is 20.5 Å². The summed E-state index contributed by atoms with van der Waals surface area (Å²) in [5.41, 5.74) is 5.99. The number of hydrogen-bond donors (Lipinski definition) is 3. The van der Waals surface area contributed by atoms with Crippen LogP contribution in [-0.2, 0) is 22.7 Å². The van der Waals surface area contributed by atoms with Gasteiger partial charge in [0.25, 0.3) is 5.91 Å². The molecule has 3 aromatic carbocycles. The van der Waals surface area contributed by atoms with Crippen molar-refractivity contribution in [2.45, 2.75) is 26.2 Å². The number of ether oxygens (including phenoxy) is 3. The molecule has 7 nitrogen and oxygen atoms in total. The van der Waals surface area contributed by atoms with Crippen LogP contribution in [0.3, 0.4) is 0 Å². The van der Waals surface area contributed by atoms with Crippen molar-refractivity contribution in [3.8, 4) is 11.5 Å². The maximum atomic E-state index is 14.6. The fourth-order valence-electron chi connectivity index (χ4n) is 3.47. The zero-order valence-corrected chi connectivity index (χ0v) is 20.8. The van der Waals surface area contributed by atoms with E-state index in [-0.39, 0.29) is 42.7 Å². The molecule has 4 N–H and O–H groups in total. The molecule has 0 spiro atoms. The van der Waals surface area contributed by atoms with Crippen LogP contribution in [0.4, 0.5) is 13.2 Å². The number of nitrogens with two attached hydrogens (primary N) is 1. The van der Waals surface area contributed by atoms with Gasteiger partial charge in [-0.05, 0) is 31.2 Å². The van der Waals surface area contributed by atoms with E-state index in [9.17, 15) is 18.0 Å². The number of rotatable bonds is 11. The van der Waals surface area contributed by atoms with Crippen molar-refractivity contribution in [3.63, 3.8) is 0 Å². The van der Waals surface area contributed by atoms with Gasteiger partial charge in [-0.1, -0.05) is 23.7 Å². The van der Waals surface area contributed by atoms with Gasteiger partial charge in [-0.25, -0.2) is 13.2 Å². The molecule has 0 aromatic heterocycles. The Morgan fingerprint density at radius 2 is 1.76 bits per heavy atom. The van der Waals surface area contributed by atoms with Gasteiger partial charge in [0.15, 0.2) is 6.10 Å². The lowest BCUT2D eigenvalue weighted by atomic mass is 10.1. The number of halogens is 4. The van der Waals surface area contributed by atoms with Gasteiger partial charge in [-0.2, -0.15) is 0 Å². The normalized spacial score (nSPS) is 11.6. The first kappa shape index (κ1) is 27.8. The molecule has 3 rings (SSSR count). The maximum absolute atomic E-state index is 14.6. The molecule has 0 unspecified atom stereocenters. The van der Waals surface area contributed by atoms with Gasteiger partial charge in [0.2, 0.25) is 0 Å². The molecule has 1 atom stereocenters. The van der Waals surface area contributed by atoms with E-state index in [1.807, 2.05) is 0 Å². The van der Waals surface area contributed by atoms with Gasteiger partial charge in [-0.3, -0.25) is 10.2 Å². The van der Waals surface area contributed by atoms with Crippen LogP contribution in [0.5, 0.6) is 11.5 Å². The third kappa shape index (κ3) is 6.93. The summed E-state index contributed by atoms with van der Waals surface area (Å²) in [4.78, 5) is 13.0. The van der Waals surface area contributed by atoms with E-state index >= 15 is 0 Å². The maximum Gasteiger partial charge on any atom is 0.254 e. The number of benzene rings is 3. The summed E-state index contributed by atoms with van der Waals surface area (Å²) >= 11 is 5.94. The molecular formula is C26H25ClF3N3O4. The molecule has 0 heterocycles. The fraction of sp³-hybridized carbons (Fsp3) is 0.231. The van der Waals surface area contributed by atoms with Crippen LogP contribution in [0.15, 0.2) is 48.5 Å². The highest BCUT2D eigenvalue weighted by Crippen LogP contribution is 2.29. The van der Waals surface area contributed by atoms with Gasteiger partial charge in [0.05, 0.1) is 12.7 Å². The van der Waals surface area contributed by atoms with E-state index in [1.54, 1.807) is 19.1 Å². The second-order valence-corrected chi connectivity index (χ2v) is 8.25. The molecule has 0 saturated heterocycles. The Morgan fingerprint density at radius 1 is 1.05 bits per heavy atom. The first-order valence-electron chi connectivity index (χ1n) is 11.1. The van der Waals surface area contributed by atoms with E-state index in [0.29, 0.717) is 16.1 Å². The standard InChI is InChI=1S/C26H25ClF3N3O4/c1-3-36-24(23-20(29)10-18(35-2)11-21(23)30)26(34)33-12-15-5-4-14(25(31)32)9-22(15)37-13-16-8-17(27)6-7-19(16)28/h4-11,24H,3,12-13H2,1-2H3,(H3,31,32)(H,33,34)/t24-/m0/s1. The predicted octanol–water partition coefficient (Wildman–Crippen LogP) is 5.02. The van der Waals surface area contributed by atoms with Gasteiger partial charge in [0.1, 0.15) is 41.4 Å². The SMILES string of the molecule is CCO[C@H](C(=O)NCc1ccc(C(=N)N)cc1OCc1cc(Cl)ccc1F)c1c(F)cc(OC)cc1F. The number of carbonyl (C=O) groups is 1. The summed E-state index contributed by atoms with van der Waals surface area (Å²) in [5.74, 6) is -3.37. The lowest BCUT2D eigenvalue weighted by Gasteiger charge is -2.20. The number of methoxy groups -OCH3 is 1. The molecule has 0 radical (unpaired) electrons. The monoisotopic (exact) mass is 535 g/mol. The molecule has 0 aliphatic rings. The summed E-state index contributed by atoms with van der Waals surface area (Å²) in [6, 6.07) is 10.5. The second kappa shape index (κ2) is 12.5. The number of hydrogen-bond acceptors (Lipinski definition) is 5. The lowest BCUT2D eigenvalue weighted by molar-refractivity contribution is -0.133. The Kier molecular flexibility index (Phi) is 9.37. The summed E-state index contributed by atoms with van der Waals surface area (Å²) in [5, 5.41) is 10.6. The Bertz CT molecular complexity index is 1280. The van der Waals surface area contributed by atoms with Crippen LogP contribution in [-0.4, -0.2) is 25.5 Å². The molecular weight excluding hydrogens is 511 g/mol. The van der Waals surface area contributed by atoms with E-state index < -0.39 is 35.0 Å². The Hall–Kier alpha value is -3.76. The van der Waals surface area contributed by atoms with Crippen LogP contribution >= 0.6 is 11.6 Å². The summed E-state index contributed by atoms with van der Waals surface area (Å²) in [7, 11) is 1.26. The first-order valence-corrected chi connectivity index (χ1v) is 11.5. The highest BCUT2D eigenvalue weighted by atomic mass is 35.5. The fourth-order valence-corrected chi connectivity index (χ4v) is 3.67. The molecule has 11 heteroatoms. The van der Waals surface area contributed by atoms with Gasteiger partial charge in [-0.15, -0.1) is 0 Å². The molecule has 0 aliphatic heterocycles. The second-order valence-electron chi connectivity index (χ2n) is 7.82. The molecule has 1 amide bonds. The molecule has 196 valence electrons. The first-order chi connectivity index (χ1) is 17.6. The lowest BCUT2D eigenvalue weighted by Crippen LogP contribution is -2.32. The van der Waals surface area contributed by atoms with Crippen LogP contribution in [0, 0.1) is 22.9 Å². The van der Waals surface area contributed by atoms with Gasteiger partial charge in [0, 0.05) is 47.0 Å². The van der Waals surface area contributed by atoms with E-state index in [1.165, 1.54) is 31.4 Å². The molecule has 0 bridgehead atoms. The average Bonchev–Trinajstić information content (AvgIpc) is 2.86. The zero-order chi connectivity index (χ0) is 27.1. The van der Waals surface area contributed by atoms with Crippen LogP contribution in [0.1, 0.15) is 35.3 Å². The third-order valence-electron chi connectivity index (χ3n) is 5.34. The van der Waals surface area contributed by atoms with Crippen LogP contribution in [0.2, 0.25) is 5.02 Å². The predicted molar refractivity (Wildman–Crippen MR) is 132 cm³/mol. The van der Waals surface area contributed by atoms with Gasteiger partial charge < -0.3 is 25.3 Å². The summed E-state index contributed by atoms with van der Waals surface area (Å²) < 4.78 is 59.4. The van der Waals surface area contributed by atoms with Crippen molar-refractivity contribution < 1.29 is 32.2 Å². The number of carbonyl (C=O) groups excluding carboxylic acids is 1. The highest BCUT2D eigenvalue weighted by Gasteiger charge is 2.28. The zero-order valence-electron chi connectivity index (χ0n) is 20.0. The van der Waals surface area contributed by atoms with Crippen molar-refractivity contribution in [2.24, 2.45) is 5.73 Å². The number of nitrogens with one attached hydrogen (secondary N) is 2. The van der Waals surface area contributed by atoms with E-state index in [4.69, 9.17) is 37.0 Å². The minimum absolute atomic E-state index is 0.00979. The summed E-state index contributed by atoms with van der Waals surface area (Å²) in [6.45, 7) is 1.27. The number of nitrogen functional groups attached to an aromatic ring is 1. The molecule has 0 saturated carbocycles. The van der Waals surface area contributed by atoms with Crippen molar-refractivity contribution in [1.82, 2.24) is 5.32 Å². The van der Waals surface area contributed by atoms with Crippen LogP contribution in [0.25, 0.3) is 0 Å². The van der Waals surface area contributed by atoms with Gasteiger partial charge >= 0.3 is 0 Å². The number of amidine groups is 1. The molecule has 3 aromatic rings. The minimum Gasteiger partial charge on any atom is -0.497 e. The van der Waals surface area contributed by atoms with Crippen molar-refractivity contribution in [3.05, 3.63) is 93.3 Å². The third-order valence-corrected chi connectivity index (χ3v) is 5.58. The smallest absolute Gasteiger partial charge is 0.254 e. The Morgan fingerprint density at radius 3 is 2.38 bits per heavy atom. The average molecular weight is 536 g/mol. The molecule has 37 heavy (non-hydrogen) atoms. The van der Waals surface area contributed by atoms with Crippen molar-refractivity contribution >= 4 is 23.3 Å². The number of amides is 1. The topological polar surface area (TPSA) is 107 Å². The molecule has 0 aliphatic carbocycles. The highest BCUT2D eigenvalue weighted by molar-refractivity contribution is 6.30. The quantitative estimate of drug-likeness (QED) is 0.236. The molecule has 0 fully saturated rings. The Labute approximate surface area is 216 Å². The van der Waals surface area contributed by atoms with Crippen molar-refractivity contribution in [2.75, 3.05) is 13.7 Å². The van der Waals surface area contributed by atoms with E-state index in [0.717, 1.165) is 12.1 Å². The van der Waals surface area contributed by atoms with E-state index in [2.05, 4.69) is 5.32 Å². The minimum atomic E-state index is -1.57. The Balaban J connectivity index is 1.84. The largest absolute Gasteiger partial charge is 0.497 e.